The molecule has 5 nitrogen and oxygen atoms in total. The van der Waals surface area contributed by atoms with Crippen molar-refractivity contribution in [2.24, 2.45) is 5.73 Å². The first-order valence-corrected chi connectivity index (χ1v) is 5.15. The molecule has 0 spiro atoms. The molecule has 0 bridgehead atoms. The molecule has 0 radical (unpaired) electrons. The van der Waals surface area contributed by atoms with Gasteiger partial charge in [0.15, 0.2) is 11.5 Å². The number of aldehydes is 1. The van der Waals surface area contributed by atoms with Gasteiger partial charge in [-0.3, -0.25) is 9.59 Å². The van der Waals surface area contributed by atoms with Gasteiger partial charge < -0.3 is 15.2 Å². The minimum atomic E-state index is -0.430. The lowest BCUT2D eigenvalue weighted by Gasteiger charge is -2.15. The maximum absolute atomic E-state index is 10.7. The molecule has 1 unspecified atom stereocenters. The Morgan fingerprint density at radius 2 is 2.18 bits per heavy atom. The van der Waals surface area contributed by atoms with Crippen LogP contribution in [-0.2, 0) is 4.79 Å². The van der Waals surface area contributed by atoms with Crippen molar-refractivity contribution >= 4 is 12.2 Å². The number of methoxy groups -OCH3 is 1. The number of hydrogen-bond donors (Lipinski definition) is 1. The first-order valence-electron chi connectivity index (χ1n) is 5.15. The Morgan fingerprint density at radius 1 is 1.47 bits per heavy atom. The zero-order chi connectivity index (χ0) is 12.8. The lowest BCUT2D eigenvalue weighted by Crippen LogP contribution is -2.22. The minimum Gasteiger partial charge on any atom is -0.493 e. The van der Waals surface area contributed by atoms with Gasteiger partial charge in [-0.05, 0) is 25.1 Å². The molecule has 0 saturated heterocycles. The van der Waals surface area contributed by atoms with Crippen LogP contribution in [0.5, 0.6) is 11.5 Å². The van der Waals surface area contributed by atoms with Crippen LogP contribution in [-0.4, -0.2) is 25.4 Å². The third-order valence-electron chi connectivity index (χ3n) is 2.14. The summed E-state index contributed by atoms with van der Waals surface area (Å²) in [4.78, 5) is 21.3. The molecule has 0 aliphatic rings. The molecule has 1 rings (SSSR count). The molecule has 0 fully saturated rings. The van der Waals surface area contributed by atoms with Crippen molar-refractivity contribution in [3.05, 3.63) is 23.8 Å². The number of hydrogen-bond acceptors (Lipinski definition) is 4. The van der Waals surface area contributed by atoms with Crippen molar-refractivity contribution in [2.75, 3.05) is 7.11 Å². The van der Waals surface area contributed by atoms with Crippen molar-refractivity contribution < 1.29 is 19.1 Å². The molecule has 1 amide bonds. The zero-order valence-electron chi connectivity index (χ0n) is 9.80. The number of primary amides is 1. The van der Waals surface area contributed by atoms with Crippen molar-refractivity contribution in [2.45, 2.75) is 19.4 Å². The van der Waals surface area contributed by atoms with Crippen LogP contribution in [0.25, 0.3) is 0 Å². The van der Waals surface area contributed by atoms with Gasteiger partial charge in [0.25, 0.3) is 0 Å². The van der Waals surface area contributed by atoms with Crippen molar-refractivity contribution in [3.63, 3.8) is 0 Å². The smallest absolute Gasteiger partial charge is 0.221 e. The molecule has 5 heteroatoms. The van der Waals surface area contributed by atoms with E-state index in [9.17, 15) is 9.59 Å². The fourth-order valence-electron chi connectivity index (χ4n) is 1.40. The molecule has 1 atom stereocenters. The summed E-state index contributed by atoms with van der Waals surface area (Å²) >= 11 is 0. The Hall–Kier alpha value is -2.04. The van der Waals surface area contributed by atoms with Gasteiger partial charge in [0.2, 0.25) is 5.91 Å². The van der Waals surface area contributed by atoms with Gasteiger partial charge in [0, 0.05) is 5.56 Å². The van der Waals surface area contributed by atoms with Crippen LogP contribution in [0.4, 0.5) is 0 Å². The lowest BCUT2D eigenvalue weighted by atomic mass is 10.2. The highest BCUT2D eigenvalue weighted by Crippen LogP contribution is 2.28. The van der Waals surface area contributed by atoms with Crippen LogP contribution in [0.2, 0.25) is 0 Å². The maximum Gasteiger partial charge on any atom is 0.221 e. The molecular weight excluding hydrogens is 222 g/mol. The van der Waals surface area contributed by atoms with Crippen molar-refractivity contribution in [1.29, 1.82) is 0 Å². The second-order valence-electron chi connectivity index (χ2n) is 3.63. The van der Waals surface area contributed by atoms with E-state index in [0.29, 0.717) is 17.1 Å². The number of carbonyl (C=O) groups is 2. The van der Waals surface area contributed by atoms with Gasteiger partial charge in [-0.2, -0.15) is 0 Å². The van der Waals surface area contributed by atoms with Gasteiger partial charge in [-0.15, -0.1) is 0 Å². The summed E-state index contributed by atoms with van der Waals surface area (Å²) in [6, 6.07) is 4.81. The van der Waals surface area contributed by atoms with Gasteiger partial charge in [-0.1, -0.05) is 0 Å². The maximum atomic E-state index is 10.7. The minimum absolute atomic E-state index is 0.124. The van der Waals surface area contributed by atoms with Crippen LogP contribution < -0.4 is 15.2 Å². The van der Waals surface area contributed by atoms with Crippen LogP contribution in [0.15, 0.2) is 18.2 Å². The topological polar surface area (TPSA) is 78.6 Å². The van der Waals surface area contributed by atoms with E-state index < -0.39 is 5.91 Å². The first kappa shape index (κ1) is 13.0. The van der Waals surface area contributed by atoms with E-state index in [1.807, 2.05) is 0 Å². The molecule has 0 aromatic heterocycles. The van der Waals surface area contributed by atoms with Gasteiger partial charge in [0.1, 0.15) is 12.4 Å². The molecule has 0 aliphatic carbocycles. The van der Waals surface area contributed by atoms with E-state index in [-0.39, 0.29) is 12.5 Å². The summed E-state index contributed by atoms with van der Waals surface area (Å²) in [6.07, 6.45) is 0.501. The second-order valence-corrected chi connectivity index (χ2v) is 3.63. The average Bonchev–Trinajstić information content (AvgIpc) is 2.28. The molecule has 92 valence electrons. The lowest BCUT2D eigenvalue weighted by molar-refractivity contribution is -0.119. The van der Waals surface area contributed by atoms with Gasteiger partial charge >= 0.3 is 0 Å². The monoisotopic (exact) mass is 237 g/mol. The third kappa shape index (κ3) is 3.79. The predicted octanol–water partition coefficient (Wildman–Crippen LogP) is 1.15. The molecule has 2 N–H and O–H groups in total. The molecule has 0 aliphatic heterocycles. The van der Waals surface area contributed by atoms with Gasteiger partial charge in [0.05, 0.1) is 13.5 Å². The van der Waals surface area contributed by atoms with E-state index in [1.54, 1.807) is 25.1 Å². The SMILES string of the molecule is COc1cc(C=O)ccc1OC(C)CC(N)=O. The fourth-order valence-corrected chi connectivity index (χ4v) is 1.40. The number of carbonyl (C=O) groups excluding carboxylic acids is 2. The van der Waals surface area contributed by atoms with E-state index in [0.717, 1.165) is 6.29 Å². The summed E-state index contributed by atoms with van der Waals surface area (Å²) in [5, 5.41) is 0. The summed E-state index contributed by atoms with van der Waals surface area (Å²) in [7, 11) is 1.48. The Kier molecular flexibility index (Phi) is 4.51. The second kappa shape index (κ2) is 5.89. The van der Waals surface area contributed by atoms with Crippen LogP contribution in [0, 0.1) is 0 Å². The van der Waals surface area contributed by atoms with Crippen LogP contribution >= 0.6 is 0 Å². The predicted molar refractivity (Wildman–Crippen MR) is 62.3 cm³/mol. The molecule has 17 heavy (non-hydrogen) atoms. The number of nitrogens with two attached hydrogens (primary N) is 1. The number of amides is 1. The largest absolute Gasteiger partial charge is 0.493 e. The summed E-state index contributed by atoms with van der Waals surface area (Å²) in [6.45, 7) is 1.73. The Bertz CT molecular complexity index is 417. The third-order valence-corrected chi connectivity index (χ3v) is 2.14. The Morgan fingerprint density at radius 3 is 2.71 bits per heavy atom. The van der Waals surface area contributed by atoms with E-state index in [2.05, 4.69) is 0 Å². The molecule has 0 saturated carbocycles. The quantitative estimate of drug-likeness (QED) is 0.753. The van der Waals surface area contributed by atoms with Crippen LogP contribution in [0.1, 0.15) is 23.7 Å². The highest BCUT2D eigenvalue weighted by atomic mass is 16.5. The summed E-state index contributed by atoms with van der Waals surface area (Å²) < 4.78 is 10.6. The standard InChI is InChI=1S/C12H15NO4/c1-8(5-12(13)15)17-10-4-3-9(7-14)6-11(10)16-2/h3-4,6-8H,5H2,1-2H3,(H2,13,15). The highest BCUT2D eigenvalue weighted by Gasteiger charge is 2.11. The van der Waals surface area contributed by atoms with E-state index in [1.165, 1.54) is 7.11 Å². The van der Waals surface area contributed by atoms with Crippen molar-refractivity contribution in [1.82, 2.24) is 0 Å². The number of ether oxygens (including phenoxy) is 2. The average molecular weight is 237 g/mol. The first-order chi connectivity index (χ1) is 8.06. The molecule has 0 heterocycles. The fraction of sp³-hybridized carbons (Fsp3) is 0.333. The normalized spacial score (nSPS) is 11.6. The molecule has 1 aromatic carbocycles. The Labute approximate surface area is 99.5 Å². The molecular formula is C12H15NO4. The Balaban J connectivity index is 2.83. The summed E-state index contributed by atoms with van der Waals surface area (Å²) in [5.74, 6) is 0.499. The number of rotatable bonds is 6. The zero-order valence-corrected chi connectivity index (χ0v) is 9.80. The van der Waals surface area contributed by atoms with Crippen LogP contribution in [0.3, 0.4) is 0 Å². The van der Waals surface area contributed by atoms with E-state index in [4.69, 9.17) is 15.2 Å². The highest BCUT2D eigenvalue weighted by molar-refractivity contribution is 5.76. The summed E-state index contributed by atoms with van der Waals surface area (Å²) in [5.41, 5.74) is 5.56. The number of benzene rings is 1. The van der Waals surface area contributed by atoms with Gasteiger partial charge in [-0.25, -0.2) is 0 Å². The molecule has 1 aromatic rings. The van der Waals surface area contributed by atoms with Crippen molar-refractivity contribution in [3.8, 4) is 11.5 Å². The van der Waals surface area contributed by atoms with E-state index >= 15 is 0 Å².